The molecular formula is C22H29FN4O2. The number of carbonyl (C=O) groups excluding carboxylic acids is 1. The van der Waals surface area contributed by atoms with Crippen molar-refractivity contribution in [2.75, 3.05) is 20.1 Å². The second-order valence-corrected chi connectivity index (χ2v) is 6.46. The maximum absolute atomic E-state index is 13.3. The zero-order chi connectivity index (χ0) is 21.1. The van der Waals surface area contributed by atoms with Gasteiger partial charge in [-0.3, -0.25) is 4.79 Å². The molecule has 3 N–H and O–H groups in total. The number of hydrogen-bond donors (Lipinski definition) is 3. The van der Waals surface area contributed by atoms with Crippen LogP contribution >= 0.6 is 0 Å². The zero-order valence-corrected chi connectivity index (χ0v) is 17.2. The summed E-state index contributed by atoms with van der Waals surface area (Å²) in [5.41, 5.74) is 1.54. The lowest BCUT2D eigenvalue weighted by molar-refractivity contribution is 0.0963. The summed E-state index contributed by atoms with van der Waals surface area (Å²) in [6, 6.07) is 13.5. The van der Waals surface area contributed by atoms with Crippen molar-refractivity contribution in [1.29, 1.82) is 0 Å². The zero-order valence-electron chi connectivity index (χ0n) is 17.2. The Balaban J connectivity index is 1.98. The lowest BCUT2D eigenvalue weighted by atomic mass is 10.1. The number of halogens is 1. The minimum atomic E-state index is -0.320. The number of amides is 1. The van der Waals surface area contributed by atoms with E-state index in [1.807, 2.05) is 32.0 Å². The molecule has 2 aromatic carbocycles. The van der Waals surface area contributed by atoms with Gasteiger partial charge in [-0.15, -0.1) is 0 Å². The van der Waals surface area contributed by atoms with Gasteiger partial charge in [0, 0.05) is 25.2 Å². The van der Waals surface area contributed by atoms with Gasteiger partial charge < -0.3 is 20.7 Å². The monoisotopic (exact) mass is 400 g/mol. The van der Waals surface area contributed by atoms with Gasteiger partial charge in [0.05, 0.1) is 13.1 Å². The minimum absolute atomic E-state index is 0.124. The Kier molecular flexibility index (Phi) is 8.95. The summed E-state index contributed by atoms with van der Waals surface area (Å²) in [6.45, 7) is 5.68. The first-order chi connectivity index (χ1) is 14.0. The second-order valence-electron chi connectivity index (χ2n) is 6.46. The maximum Gasteiger partial charge on any atom is 0.251 e. The number of nitrogens with one attached hydrogen (secondary N) is 3. The van der Waals surface area contributed by atoms with Crippen LogP contribution in [0.3, 0.4) is 0 Å². The van der Waals surface area contributed by atoms with Crippen LogP contribution in [0.4, 0.5) is 4.39 Å². The summed E-state index contributed by atoms with van der Waals surface area (Å²) in [7, 11) is 1.61. The molecule has 2 rings (SSSR count). The van der Waals surface area contributed by atoms with Crippen LogP contribution in [0.25, 0.3) is 0 Å². The molecule has 156 valence electrons. The lowest BCUT2D eigenvalue weighted by Gasteiger charge is -2.20. The average molecular weight is 400 g/mol. The highest BCUT2D eigenvalue weighted by atomic mass is 19.1. The van der Waals surface area contributed by atoms with Crippen LogP contribution in [0, 0.1) is 5.82 Å². The Labute approximate surface area is 171 Å². The Morgan fingerprint density at radius 1 is 1.14 bits per heavy atom. The van der Waals surface area contributed by atoms with Gasteiger partial charge in [-0.2, -0.15) is 0 Å². The molecule has 1 amide bonds. The predicted molar refractivity (Wildman–Crippen MR) is 114 cm³/mol. The lowest BCUT2D eigenvalue weighted by Crippen LogP contribution is -2.42. The number of carbonyl (C=O) groups is 1. The van der Waals surface area contributed by atoms with Gasteiger partial charge in [0.15, 0.2) is 5.96 Å². The number of guanidine groups is 1. The number of benzene rings is 2. The fraction of sp³-hybridized carbons (Fsp3) is 0.364. The quantitative estimate of drug-likeness (QED) is 0.447. The normalized spacial score (nSPS) is 12.2. The topological polar surface area (TPSA) is 74.8 Å². The highest BCUT2D eigenvalue weighted by Gasteiger charge is 2.10. The number of nitrogens with zero attached hydrogens (tertiary/aromatic N) is 1. The van der Waals surface area contributed by atoms with Crippen LogP contribution in [0.2, 0.25) is 0 Å². The van der Waals surface area contributed by atoms with E-state index in [-0.39, 0.29) is 17.8 Å². The molecule has 1 unspecified atom stereocenters. The molecule has 0 fully saturated rings. The van der Waals surface area contributed by atoms with E-state index in [1.54, 1.807) is 25.2 Å². The molecule has 29 heavy (non-hydrogen) atoms. The van der Waals surface area contributed by atoms with Gasteiger partial charge in [0.25, 0.3) is 5.91 Å². The largest absolute Gasteiger partial charge is 0.489 e. The molecule has 0 bridgehead atoms. The van der Waals surface area contributed by atoms with Crippen molar-refractivity contribution in [3.8, 4) is 5.75 Å². The Bertz CT molecular complexity index is 826. The second kappa shape index (κ2) is 11.7. The number of hydrogen-bond acceptors (Lipinski definition) is 3. The van der Waals surface area contributed by atoms with Gasteiger partial charge in [0.1, 0.15) is 17.7 Å². The van der Waals surface area contributed by atoms with E-state index in [0.29, 0.717) is 36.9 Å². The molecular weight excluding hydrogens is 371 g/mol. The fourth-order valence-electron chi connectivity index (χ4n) is 2.68. The molecule has 1 atom stereocenters. The first-order valence-corrected chi connectivity index (χ1v) is 9.81. The first-order valence-electron chi connectivity index (χ1n) is 9.81. The van der Waals surface area contributed by atoms with E-state index in [0.717, 1.165) is 12.0 Å². The number of rotatable bonds is 9. The summed E-state index contributed by atoms with van der Waals surface area (Å²) in [6.07, 6.45) is 0.633. The van der Waals surface area contributed by atoms with Gasteiger partial charge in [-0.05, 0) is 43.2 Å². The Morgan fingerprint density at radius 2 is 1.93 bits per heavy atom. The van der Waals surface area contributed by atoms with Gasteiger partial charge in [-0.1, -0.05) is 25.1 Å². The van der Waals surface area contributed by atoms with E-state index in [4.69, 9.17) is 4.74 Å². The molecule has 2 aromatic rings. The van der Waals surface area contributed by atoms with E-state index in [1.165, 1.54) is 12.1 Å². The average Bonchev–Trinajstić information content (AvgIpc) is 2.74. The predicted octanol–water partition coefficient (Wildman–Crippen LogP) is 3.10. The highest BCUT2D eigenvalue weighted by Crippen LogP contribution is 2.14. The molecule has 6 nitrogen and oxygen atoms in total. The van der Waals surface area contributed by atoms with Crippen LogP contribution in [-0.4, -0.2) is 38.1 Å². The van der Waals surface area contributed by atoms with Crippen molar-refractivity contribution < 1.29 is 13.9 Å². The minimum Gasteiger partial charge on any atom is -0.489 e. The van der Waals surface area contributed by atoms with Crippen LogP contribution in [0.1, 0.15) is 36.2 Å². The van der Waals surface area contributed by atoms with Gasteiger partial charge >= 0.3 is 0 Å². The van der Waals surface area contributed by atoms with E-state index in [2.05, 4.69) is 20.9 Å². The summed E-state index contributed by atoms with van der Waals surface area (Å²) >= 11 is 0. The van der Waals surface area contributed by atoms with Crippen LogP contribution in [0.5, 0.6) is 5.75 Å². The molecule has 0 aromatic heterocycles. The molecule has 0 saturated carbocycles. The highest BCUT2D eigenvalue weighted by molar-refractivity contribution is 5.94. The summed E-state index contributed by atoms with van der Waals surface area (Å²) in [4.78, 5) is 16.4. The van der Waals surface area contributed by atoms with Crippen molar-refractivity contribution in [2.45, 2.75) is 32.9 Å². The smallest absolute Gasteiger partial charge is 0.251 e. The molecule has 0 aliphatic rings. The van der Waals surface area contributed by atoms with Crippen molar-refractivity contribution in [3.63, 3.8) is 0 Å². The van der Waals surface area contributed by atoms with Crippen molar-refractivity contribution in [1.82, 2.24) is 16.0 Å². The van der Waals surface area contributed by atoms with Crippen LogP contribution < -0.4 is 20.7 Å². The third-order valence-electron chi connectivity index (χ3n) is 4.23. The Hall–Kier alpha value is -3.09. The van der Waals surface area contributed by atoms with Gasteiger partial charge in [-0.25, -0.2) is 9.38 Å². The van der Waals surface area contributed by atoms with Crippen LogP contribution in [0.15, 0.2) is 53.5 Å². The summed E-state index contributed by atoms with van der Waals surface area (Å²) < 4.78 is 19.2. The first kappa shape index (κ1) is 22.2. The molecule has 0 aliphatic heterocycles. The fourth-order valence-corrected chi connectivity index (χ4v) is 2.68. The number of aliphatic imine (C=N–C) groups is 1. The maximum atomic E-state index is 13.3. The third-order valence-corrected chi connectivity index (χ3v) is 4.23. The summed E-state index contributed by atoms with van der Waals surface area (Å²) in [5.74, 6) is 0.714. The van der Waals surface area contributed by atoms with Crippen molar-refractivity contribution in [3.05, 3.63) is 65.5 Å². The molecule has 0 heterocycles. The van der Waals surface area contributed by atoms with E-state index >= 15 is 0 Å². The van der Waals surface area contributed by atoms with Gasteiger partial charge in [0.2, 0.25) is 0 Å². The van der Waals surface area contributed by atoms with Crippen molar-refractivity contribution >= 4 is 11.9 Å². The third kappa shape index (κ3) is 7.44. The van der Waals surface area contributed by atoms with E-state index < -0.39 is 0 Å². The van der Waals surface area contributed by atoms with E-state index in [9.17, 15) is 9.18 Å². The molecule has 7 heteroatoms. The van der Waals surface area contributed by atoms with Crippen molar-refractivity contribution in [2.24, 2.45) is 4.99 Å². The summed E-state index contributed by atoms with van der Waals surface area (Å²) in [5, 5.41) is 9.08. The molecule has 0 aliphatic carbocycles. The molecule has 0 radical (unpaired) electrons. The number of ether oxygens (including phenoxy) is 1. The molecule has 0 saturated heterocycles. The standard InChI is InChI=1S/C22H29FN4O2/c1-4-19(29-20-11-7-10-18(23)13-20)15-27-22(25-5-2)26-14-16-8-6-9-17(12-16)21(28)24-3/h6-13,19H,4-5,14-15H2,1-3H3,(H,24,28)(H2,25,26,27). The SMILES string of the molecule is CCNC(=NCc1cccc(C(=O)NC)c1)NCC(CC)Oc1cccc(F)c1. The Morgan fingerprint density at radius 3 is 2.62 bits per heavy atom. The molecule has 0 spiro atoms. The van der Waals surface area contributed by atoms with Crippen LogP contribution in [-0.2, 0) is 6.54 Å².